The molecule has 0 aliphatic carbocycles. The van der Waals surface area contributed by atoms with Crippen molar-refractivity contribution in [1.29, 1.82) is 0 Å². The Hall–Kier alpha value is -2.95. The van der Waals surface area contributed by atoms with Gasteiger partial charge in [-0.05, 0) is 0 Å². The number of ether oxygens (including phenoxy) is 1. The summed E-state index contributed by atoms with van der Waals surface area (Å²) >= 11 is 0. The van der Waals surface area contributed by atoms with Crippen LogP contribution in [0.15, 0.2) is 11.3 Å². The molecule has 1 fully saturated rings. The predicted octanol–water partition coefficient (Wildman–Crippen LogP) is -0.291. The van der Waals surface area contributed by atoms with Gasteiger partial charge in [-0.15, -0.1) is 0 Å². The number of amides is 1. The van der Waals surface area contributed by atoms with E-state index in [-0.39, 0.29) is 25.4 Å². The molecule has 13 heteroatoms. The number of hydrogen-bond acceptors (Lipinski definition) is 8. The monoisotopic (exact) mass is 442 g/mol. The van der Waals surface area contributed by atoms with Crippen molar-refractivity contribution in [2.45, 2.75) is 37.0 Å². The first-order chi connectivity index (χ1) is 14.6. The molecule has 0 radical (unpaired) electrons. The minimum absolute atomic E-state index is 0.156. The molecule has 2 aliphatic heterocycles. The van der Waals surface area contributed by atoms with Crippen molar-refractivity contribution in [3.05, 3.63) is 11.9 Å². The number of aromatic nitrogens is 2. The Morgan fingerprint density at radius 2 is 2.23 bits per heavy atom. The van der Waals surface area contributed by atoms with Crippen molar-refractivity contribution in [2.24, 2.45) is 4.99 Å². The first kappa shape index (κ1) is 22.7. The SMILES string of the molecule is CN(C)/C=N/c1ncnc2c1C(C#CNC(=O)C(F)(F)F)CN2C1CC(O)C(CO)O1. The molecule has 0 spiro atoms. The number of nitrogens with zero attached hydrogens (tertiary/aromatic N) is 5. The zero-order chi connectivity index (χ0) is 22.8. The largest absolute Gasteiger partial charge is 0.472 e. The third-order valence-electron chi connectivity index (χ3n) is 4.66. The molecular formula is C18H21F3N6O4. The van der Waals surface area contributed by atoms with Gasteiger partial charge >= 0.3 is 12.1 Å². The number of halogens is 3. The number of rotatable bonds is 4. The summed E-state index contributed by atoms with van der Waals surface area (Å²) in [5, 5.41) is 20.9. The highest BCUT2D eigenvalue weighted by Crippen LogP contribution is 2.42. The van der Waals surface area contributed by atoms with Crippen LogP contribution in [0, 0.1) is 12.0 Å². The molecule has 1 saturated heterocycles. The van der Waals surface area contributed by atoms with Crippen molar-refractivity contribution >= 4 is 23.9 Å². The molecule has 1 aromatic heterocycles. The van der Waals surface area contributed by atoms with Crippen LogP contribution in [0.5, 0.6) is 0 Å². The van der Waals surface area contributed by atoms with E-state index in [9.17, 15) is 28.2 Å². The topological polar surface area (TPSA) is 123 Å². The zero-order valence-corrected chi connectivity index (χ0v) is 16.7. The third kappa shape index (κ3) is 5.04. The lowest BCUT2D eigenvalue weighted by molar-refractivity contribution is -0.172. The number of hydrogen-bond donors (Lipinski definition) is 3. The van der Waals surface area contributed by atoms with Gasteiger partial charge in [0.05, 0.1) is 30.5 Å². The van der Waals surface area contributed by atoms with Crippen LogP contribution < -0.4 is 10.2 Å². The Balaban J connectivity index is 1.93. The number of alkyl halides is 3. The van der Waals surface area contributed by atoms with E-state index >= 15 is 0 Å². The number of carbonyl (C=O) groups is 1. The van der Waals surface area contributed by atoms with Crippen molar-refractivity contribution in [3.8, 4) is 12.0 Å². The van der Waals surface area contributed by atoms with E-state index in [0.717, 1.165) is 0 Å². The number of nitrogens with one attached hydrogen (secondary N) is 1. The molecule has 3 N–H and O–H groups in total. The fourth-order valence-electron chi connectivity index (χ4n) is 3.26. The van der Waals surface area contributed by atoms with Gasteiger partial charge in [0.1, 0.15) is 24.5 Å². The molecule has 31 heavy (non-hydrogen) atoms. The summed E-state index contributed by atoms with van der Waals surface area (Å²) in [6.45, 7) is -0.212. The Kier molecular flexibility index (Phi) is 6.63. The first-order valence-corrected chi connectivity index (χ1v) is 9.26. The molecule has 0 aromatic carbocycles. The summed E-state index contributed by atoms with van der Waals surface area (Å²) in [5.41, 5.74) is 0.458. The van der Waals surface area contributed by atoms with E-state index in [0.29, 0.717) is 11.4 Å². The van der Waals surface area contributed by atoms with Gasteiger partial charge in [0.25, 0.3) is 0 Å². The standard InChI is InChI=1S/C18H21F3N6O4/c1-26(2)9-25-15-14-10(3-4-22-17(30)18(19,20)21)6-27(16(14)24-8-23-15)13-5-11(29)12(7-28)31-13/h8-13,28-29H,5-7H2,1-2H3,(H,22,30)/b25-9+. The van der Waals surface area contributed by atoms with Crippen molar-refractivity contribution in [2.75, 3.05) is 32.1 Å². The Bertz CT molecular complexity index is 914. The predicted molar refractivity (Wildman–Crippen MR) is 102 cm³/mol. The van der Waals surface area contributed by atoms with Crippen LogP contribution in [0.3, 0.4) is 0 Å². The normalized spacial score (nSPS) is 25.3. The Morgan fingerprint density at radius 3 is 2.84 bits per heavy atom. The number of fused-ring (bicyclic) bond motifs is 1. The van der Waals surface area contributed by atoms with E-state index in [1.54, 1.807) is 23.9 Å². The van der Waals surface area contributed by atoms with Gasteiger partial charge in [-0.25, -0.2) is 15.0 Å². The highest BCUT2D eigenvalue weighted by atomic mass is 19.4. The van der Waals surface area contributed by atoms with Crippen LogP contribution in [-0.4, -0.2) is 89.2 Å². The lowest BCUT2D eigenvalue weighted by Gasteiger charge is -2.25. The van der Waals surface area contributed by atoms with Crippen LogP contribution in [0.2, 0.25) is 0 Å². The second-order valence-corrected chi connectivity index (χ2v) is 7.18. The van der Waals surface area contributed by atoms with Gasteiger partial charge < -0.3 is 24.7 Å². The number of anilines is 1. The lowest BCUT2D eigenvalue weighted by Crippen LogP contribution is -2.35. The summed E-state index contributed by atoms with van der Waals surface area (Å²) < 4.78 is 42.9. The second-order valence-electron chi connectivity index (χ2n) is 7.18. The van der Waals surface area contributed by atoms with E-state index in [1.165, 1.54) is 18.0 Å². The number of aliphatic hydroxyl groups is 2. The van der Waals surface area contributed by atoms with E-state index in [2.05, 4.69) is 26.9 Å². The average molecular weight is 442 g/mol. The number of carbonyl (C=O) groups excluding carboxylic acids is 1. The minimum Gasteiger partial charge on any atom is -0.394 e. The summed E-state index contributed by atoms with van der Waals surface area (Å²) in [6, 6.07) is 2.06. The van der Waals surface area contributed by atoms with Gasteiger partial charge in [0, 0.05) is 33.1 Å². The highest BCUT2D eigenvalue weighted by molar-refractivity contribution is 5.83. The number of aliphatic hydroxyl groups excluding tert-OH is 2. The fraction of sp³-hybridized carbons (Fsp3) is 0.556. The molecule has 10 nitrogen and oxygen atoms in total. The molecule has 1 aromatic rings. The lowest BCUT2D eigenvalue weighted by atomic mass is 10.0. The summed E-state index contributed by atoms with van der Waals surface area (Å²) in [7, 11) is 3.51. The molecule has 2 aliphatic rings. The van der Waals surface area contributed by atoms with E-state index in [4.69, 9.17) is 4.74 Å². The fourth-order valence-corrected chi connectivity index (χ4v) is 3.26. The molecule has 1 amide bonds. The summed E-state index contributed by atoms with van der Waals surface area (Å²) in [4.78, 5) is 27.1. The summed E-state index contributed by atoms with van der Waals surface area (Å²) in [5.74, 6) is 0.410. The van der Waals surface area contributed by atoms with Gasteiger partial charge in [-0.3, -0.25) is 10.1 Å². The first-order valence-electron chi connectivity index (χ1n) is 9.26. The smallest absolute Gasteiger partial charge is 0.394 e. The molecule has 4 unspecified atom stereocenters. The van der Waals surface area contributed by atoms with Crippen LogP contribution in [0.25, 0.3) is 0 Å². The molecule has 3 heterocycles. The van der Waals surface area contributed by atoms with Crippen LogP contribution >= 0.6 is 0 Å². The maximum absolute atomic E-state index is 12.4. The zero-order valence-electron chi connectivity index (χ0n) is 16.7. The highest BCUT2D eigenvalue weighted by Gasteiger charge is 2.43. The quantitative estimate of drug-likeness (QED) is 0.252. The maximum atomic E-state index is 12.4. The number of aliphatic imine (C=N–C) groups is 1. The molecule has 0 bridgehead atoms. The summed E-state index contributed by atoms with van der Waals surface area (Å²) in [6.07, 6.45) is -4.37. The molecule has 168 valence electrons. The van der Waals surface area contributed by atoms with Crippen molar-refractivity contribution in [3.63, 3.8) is 0 Å². The Morgan fingerprint density at radius 1 is 1.48 bits per heavy atom. The molecule has 3 rings (SSSR count). The third-order valence-corrected chi connectivity index (χ3v) is 4.66. The van der Waals surface area contributed by atoms with Crippen molar-refractivity contribution < 1.29 is 32.9 Å². The molecule has 4 atom stereocenters. The van der Waals surface area contributed by atoms with Gasteiger partial charge in [0.15, 0.2) is 5.82 Å². The van der Waals surface area contributed by atoms with E-state index in [1.807, 2.05) is 0 Å². The van der Waals surface area contributed by atoms with Gasteiger partial charge in [0.2, 0.25) is 0 Å². The maximum Gasteiger partial charge on any atom is 0.472 e. The second kappa shape index (κ2) is 9.04. The minimum atomic E-state index is -5.05. The van der Waals surface area contributed by atoms with Crippen molar-refractivity contribution in [1.82, 2.24) is 20.2 Å². The van der Waals surface area contributed by atoms with Gasteiger partial charge in [-0.1, -0.05) is 5.92 Å². The van der Waals surface area contributed by atoms with E-state index < -0.39 is 36.4 Å². The van der Waals surface area contributed by atoms with Crippen LogP contribution in [0.1, 0.15) is 17.9 Å². The molecule has 0 saturated carbocycles. The van der Waals surface area contributed by atoms with Gasteiger partial charge in [-0.2, -0.15) is 13.2 Å². The molecular weight excluding hydrogens is 421 g/mol. The Labute approximate surface area is 175 Å². The average Bonchev–Trinajstić information content (AvgIpc) is 3.26. The van der Waals surface area contributed by atoms with Crippen LogP contribution in [-0.2, 0) is 9.53 Å². The van der Waals surface area contributed by atoms with Crippen LogP contribution in [0.4, 0.5) is 24.8 Å².